The van der Waals surface area contributed by atoms with Crippen LogP contribution in [-0.4, -0.2) is 13.7 Å². The van der Waals surface area contributed by atoms with Crippen molar-refractivity contribution in [3.05, 3.63) is 314 Å². The molecule has 3 aromatic heterocycles. The summed E-state index contributed by atoms with van der Waals surface area (Å²) in [4.78, 5) is 2.58. The number of para-hydroxylation sites is 4. The number of fused-ring (bicyclic) bond motifs is 13. The van der Waals surface area contributed by atoms with Gasteiger partial charge in [-0.25, -0.2) is 0 Å². The first kappa shape index (κ1) is 45.9. The largest absolute Gasteiger partial charge is 0.308 e. The average molecular weight is 1060 g/mol. The van der Waals surface area contributed by atoms with Gasteiger partial charge < -0.3 is 18.6 Å². The van der Waals surface area contributed by atoms with E-state index < -0.39 is 0 Å². The fraction of sp³-hybridized carbons (Fsp3) is 0.0127. The molecule has 0 bridgehead atoms. The minimum atomic E-state index is -0.0865. The highest BCUT2D eigenvalue weighted by Gasteiger charge is 2.42. The molecule has 5 heterocycles. The molecule has 16 aromatic rings. The Hall–Kier alpha value is -10.9. The highest BCUT2D eigenvalue weighted by Crippen LogP contribution is 2.59. The number of benzene rings is 13. The zero-order valence-electron chi connectivity index (χ0n) is 45.2. The molecule has 83 heavy (non-hydrogen) atoms. The van der Waals surface area contributed by atoms with E-state index in [-0.39, 0.29) is 5.92 Å². The summed E-state index contributed by atoms with van der Waals surface area (Å²) >= 11 is 0. The van der Waals surface area contributed by atoms with Crippen molar-refractivity contribution in [3.63, 3.8) is 0 Å². The average Bonchev–Trinajstić information content (AvgIpc) is 1.69. The number of rotatable bonds is 8. The van der Waals surface area contributed by atoms with Gasteiger partial charge in [-0.3, -0.25) is 0 Å². The number of aromatic nitrogens is 3. The van der Waals surface area contributed by atoms with Crippen LogP contribution < -0.4 is 4.90 Å². The predicted octanol–water partition coefficient (Wildman–Crippen LogP) is 20.9. The van der Waals surface area contributed by atoms with Crippen molar-refractivity contribution >= 4 is 82.5 Å². The molecule has 386 valence electrons. The van der Waals surface area contributed by atoms with Gasteiger partial charge in [0.05, 0.1) is 55.8 Å². The van der Waals surface area contributed by atoms with Crippen molar-refractivity contribution in [1.29, 1.82) is 0 Å². The second-order valence-corrected chi connectivity index (χ2v) is 22.3. The van der Waals surface area contributed by atoms with Gasteiger partial charge in [0.15, 0.2) is 0 Å². The molecule has 0 saturated carbocycles. The van der Waals surface area contributed by atoms with Crippen molar-refractivity contribution in [3.8, 4) is 61.6 Å². The molecule has 0 fully saturated rings. The highest BCUT2D eigenvalue weighted by atomic mass is 15.2. The summed E-state index contributed by atoms with van der Waals surface area (Å²) in [5.74, 6) is -0.0865. The Morgan fingerprint density at radius 3 is 1.11 bits per heavy atom. The fourth-order valence-corrected chi connectivity index (χ4v) is 14.4. The fourth-order valence-electron chi connectivity index (χ4n) is 14.4. The Morgan fingerprint density at radius 1 is 0.253 bits per heavy atom. The molecule has 0 amide bonds. The molecule has 4 heteroatoms. The van der Waals surface area contributed by atoms with Crippen molar-refractivity contribution in [2.75, 3.05) is 4.90 Å². The Bertz CT molecular complexity index is 5100. The lowest BCUT2D eigenvalue weighted by Crippen LogP contribution is -2.26. The lowest BCUT2D eigenvalue weighted by atomic mass is 9.77. The van der Waals surface area contributed by atoms with Crippen molar-refractivity contribution in [2.45, 2.75) is 5.92 Å². The van der Waals surface area contributed by atoms with Crippen LogP contribution in [0, 0.1) is 0 Å². The van der Waals surface area contributed by atoms with Gasteiger partial charge in [0, 0.05) is 55.2 Å². The molecular formula is C79H50N4. The van der Waals surface area contributed by atoms with Gasteiger partial charge in [0.1, 0.15) is 0 Å². The van der Waals surface area contributed by atoms with Crippen LogP contribution >= 0.6 is 0 Å². The quantitative estimate of drug-likeness (QED) is 0.148. The molecule has 1 unspecified atom stereocenters. The first-order valence-electron chi connectivity index (χ1n) is 28.8. The molecule has 0 aliphatic carbocycles. The predicted molar refractivity (Wildman–Crippen MR) is 347 cm³/mol. The van der Waals surface area contributed by atoms with Gasteiger partial charge in [-0.15, -0.1) is 0 Å². The summed E-state index contributed by atoms with van der Waals surface area (Å²) < 4.78 is 7.87. The van der Waals surface area contributed by atoms with E-state index in [9.17, 15) is 0 Å². The summed E-state index contributed by atoms with van der Waals surface area (Å²) in [7, 11) is 0. The summed E-state index contributed by atoms with van der Waals surface area (Å²) in [5.41, 5.74) is 27.2. The third kappa shape index (κ3) is 6.69. The van der Waals surface area contributed by atoms with E-state index in [1.807, 2.05) is 0 Å². The molecular weight excluding hydrogens is 1000 g/mol. The lowest BCUT2D eigenvalue weighted by molar-refractivity contribution is 0.879. The number of nitrogens with zero attached hydrogens (tertiary/aromatic N) is 4. The van der Waals surface area contributed by atoms with Gasteiger partial charge in [-0.2, -0.15) is 0 Å². The maximum absolute atomic E-state index is 2.66. The van der Waals surface area contributed by atoms with Crippen LogP contribution in [0.3, 0.4) is 0 Å². The molecule has 2 aliphatic rings. The Labute approximate surface area is 479 Å². The maximum atomic E-state index is 2.66. The normalized spacial score (nSPS) is 13.2. The van der Waals surface area contributed by atoms with Gasteiger partial charge >= 0.3 is 0 Å². The van der Waals surface area contributed by atoms with Gasteiger partial charge in [0.2, 0.25) is 0 Å². The summed E-state index contributed by atoms with van der Waals surface area (Å²) in [6.07, 6.45) is 0. The van der Waals surface area contributed by atoms with Gasteiger partial charge in [-0.1, -0.05) is 231 Å². The monoisotopic (exact) mass is 1050 g/mol. The molecule has 13 aromatic carbocycles. The molecule has 0 saturated heterocycles. The molecule has 1 atom stereocenters. The first-order valence-corrected chi connectivity index (χ1v) is 28.8. The van der Waals surface area contributed by atoms with Crippen LogP contribution in [0.4, 0.5) is 17.1 Å². The minimum absolute atomic E-state index is 0.0865. The maximum Gasteiger partial charge on any atom is 0.0951 e. The molecule has 0 N–H and O–H groups in total. The van der Waals surface area contributed by atoms with Crippen LogP contribution in [-0.2, 0) is 0 Å². The standard InChI is InChI=1S/C79H50N4/c1-5-19-50(20-6-1)54-35-41-58(42-36-54)80(59-43-37-55(38-44-59)51-21-7-2-8-22-51)78-73(81-70-45-39-56(52-23-9-3-10-24-52)47-66(70)67-48-57(40-46-71(67)81)53-25-11-4-12-26-53)49-72-75-74(64-31-17-29-62-60-27-13-15-33-68(60)82(72)76(62)64)65-32-18-30-63-61-28-14-16-34-69(61)83(77(63)65)79(75)78/h1-49,74H. The van der Waals surface area contributed by atoms with Crippen molar-refractivity contribution in [1.82, 2.24) is 13.7 Å². The zero-order valence-corrected chi connectivity index (χ0v) is 45.2. The summed E-state index contributed by atoms with van der Waals surface area (Å²) in [6.45, 7) is 0. The van der Waals surface area contributed by atoms with Crippen LogP contribution in [0.25, 0.3) is 127 Å². The van der Waals surface area contributed by atoms with Crippen molar-refractivity contribution in [2.24, 2.45) is 0 Å². The third-order valence-corrected chi connectivity index (χ3v) is 18.0. The SMILES string of the molecule is c1ccc(-c2ccc(N(c3ccc(-c4ccccc4)cc3)c3c(-n4c5ccc(-c6ccccc6)cc5c5cc(-c6ccccc6)ccc54)cc4c5c3-n3c6ccccc6c6cccc(c63)C5c3cccc5c6ccccc6n-4c35)cc2)cc1. The van der Waals surface area contributed by atoms with E-state index in [0.29, 0.717) is 0 Å². The molecule has 0 spiro atoms. The van der Waals surface area contributed by atoms with Crippen LogP contribution in [0.2, 0.25) is 0 Å². The van der Waals surface area contributed by atoms with Gasteiger partial charge in [-0.05, 0) is 122 Å². The number of anilines is 3. The van der Waals surface area contributed by atoms with E-state index >= 15 is 0 Å². The summed E-state index contributed by atoms with van der Waals surface area (Å²) in [5, 5.41) is 7.40. The molecule has 2 aliphatic heterocycles. The second kappa shape index (κ2) is 17.8. The zero-order chi connectivity index (χ0) is 54.3. The first-order chi connectivity index (χ1) is 41.2. The number of hydrogen-bond acceptors (Lipinski definition) is 1. The van der Waals surface area contributed by atoms with E-state index in [0.717, 1.165) is 33.8 Å². The highest BCUT2D eigenvalue weighted by molar-refractivity contribution is 6.18. The minimum Gasteiger partial charge on any atom is -0.308 e. The second-order valence-electron chi connectivity index (χ2n) is 22.3. The number of hydrogen-bond donors (Lipinski definition) is 0. The lowest BCUT2D eigenvalue weighted by Gasteiger charge is -2.40. The van der Waals surface area contributed by atoms with Crippen LogP contribution in [0.5, 0.6) is 0 Å². The molecule has 0 radical (unpaired) electrons. The smallest absolute Gasteiger partial charge is 0.0951 e. The molecule has 18 rings (SSSR count). The van der Waals surface area contributed by atoms with Crippen LogP contribution in [0.1, 0.15) is 22.6 Å². The van der Waals surface area contributed by atoms with Crippen molar-refractivity contribution < 1.29 is 0 Å². The summed E-state index contributed by atoms with van der Waals surface area (Å²) in [6, 6.07) is 111. The van der Waals surface area contributed by atoms with Gasteiger partial charge in [0.25, 0.3) is 0 Å². The molecule has 4 nitrogen and oxygen atoms in total. The third-order valence-electron chi connectivity index (χ3n) is 18.0. The van der Waals surface area contributed by atoms with E-state index in [1.54, 1.807) is 0 Å². The Kier molecular flexibility index (Phi) is 9.83. The Balaban J connectivity index is 1.05. The van der Waals surface area contributed by atoms with E-state index in [4.69, 9.17) is 0 Å². The van der Waals surface area contributed by atoms with Crippen LogP contribution in [0.15, 0.2) is 297 Å². The Morgan fingerprint density at radius 2 is 0.627 bits per heavy atom. The van der Waals surface area contributed by atoms with E-state index in [1.165, 1.54) is 127 Å². The van der Waals surface area contributed by atoms with E-state index in [2.05, 4.69) is 316 Å². The topological polar surface area (TPSA) is 18.0 Å².